The van der Waals surface area contributed by atoms with Crippen LogP contribution in [0.5, 0.6) is 0 Å². The van der Waals surface area contributed by atoms with Crippen LogP contribution in [0, 0.1) is 5.82 Å². The van der Waals surface area contributed by atoms with Gasteiger partial charge in [-0.2, -0.15) is 0 Å². The van der Waals surface area contributed by atoms with Crippen molar-refractivity contribution in [2.75, 3.05) is 5.32 Å². The molecule has 1 nitrogen and oxygen atoms in total. The summed E-state index contributed by atoms with van der Waals surface area (Å²) in [6.45, 7) is 0.504. The Kier molecular flexibility index (Phi) is 4.49. The first-order valence-corrected chi connectivity index (χ1v) is 6.74. The van der Waals surface area contributed by atoms with E-state index in [0.717, 1.165) is 5.56 Å². The van der Waals surface area contributed by atoms with Crippen LogP contribution in [-0.2, 0) is 6.54 Å². The van der Waals surface area contributed by atoms with Crippen molar-refractivity contribution in [1.29, 1.82) is 0 Å². The molecule has 0 bridgehead atoms. The topological polar surface area (TPSA) is 12.0 Å². The summed E-state index contributed by atoms with van der Waals surface area (Å²) in [6.07, 6.45) is 0. The van der Waals surface area contributed by atoms with Gasteiger partial charge in [-0.3, -0.25) is 0 Å². The van der Waals surface area contributed by atoms with Crippen LogP contribution in [0.1, 0.15) is 5.56 Å². The van der Waals surface area contributed by atoms with E-state index in [4.69, 9.17) is 23.2 Å². The van der Waals surface area contributed by atoms with Crippen LogP contribution >= 0.6 is 39.1 Å². The molecule has 2 rings (SSSR count). The number of hydrogen-bond acceptors (Lipinski definition) is 1. The lowest BCUT2D eigenvalue weighted by Gasteiger charge is -2.11. The maximum Gasteiger partial charge on any atom is 0.124 e. The van der Waals surface area contributed by atoms with E-state index in [-0.39, 0.29) is 5.82 Å². The third kappa shape index (κ3) is 3.16. The zero-order valence-corrected chi connectivity index (χ0v) is 12.3. The standard InChI is InChI=1S/C13H9BrCl2FN/c14-10-6-9(17)5-4-8(10)7-18-13-11(15)2-1-3-12(13)16/h1-6,18H,7H2. The second kappa shape index (κ2) is 5.91. The highest BCUT2D eigenvalue weighted by molar-refractivity contribution is 9.10. The van der Waals surface area contributed by atoms with Crippen molar-refractivity contribution in [2.45, 2.75) is 6.54 Å². The van der Waals surface area contributed by atoms with Gasteiger partial charge in [0.1, 0.15) is 5.82 Å². The van der Waals surface area contributed by atoms with Gasteiger partial charge in [-0.1, -0.05) is 51.3 Å². The highest BCUT2D eigenvalue weighted by Gasteiger charge is 2.06. The van der Waals surface area contributed by atoms with E-state index in [1.807, 2.05) is 0 Å². The number of hydrogen-bond donors (Lipinski definition) is 1. The van der Waals surface area contributed by atoms with Gasteiger partial charge in [0, 0.05) is 11.0 Å². The molecule has 0 atom stereocenters. The fourth-order valence-corrected chi connectivity index (χ4v) is 2.54. The summed E-state index contributed by atoms with van der Waals surface area (Å²) in [6, 6.07) is 9.84. The van der Waals surface area contributed by atoms with E-state index >= 15 is 0 Å². The highest BCUT2D eigenvalue weighted by Crippen LogP contribution is 2.30. The minimum Gasteiger partial charge on any atom is -0.379 e. The molecule has 0 aromatic heterocycles. The maximum atomic E-state index is 12.9. The second-order valence-corrected chi connectivity index (χ2v) is 5.35. The molecule has 0 amide bonds. The zero-order valence-electron chi connectivity index (χ0n) is 9.18. The van der Waals surface area contributed by atoms with Crippen molar-refractivity contribution in [1.82, 2.24) is 0 Å². The van der Waals surface area contributed by atoms with Crippen molar-refractivity contribution >= 4 is 44.8 Å². The van der Waals surface area contributed by atoms with Crippen molar-refractivity contribution < 1.29 is 4.39 Å². The third-order valence-corrected chi connectivity index (χ3v) is 3.80. The normalized spacial score (nSPS) is 10.4. The SMILES string of the molecule is Fc1ccc(CNc2c(Cl)cccc2Cl)c(Br)c1. The Labute approximate surface area is 123 Å². The summed E-state index contributed by atoms with van der Waals surface area (Å²) >= 11 is 15.4. The Morgan fingerprint density at radius 2 is 1.78 bits per heavy atom. The maximum absolute atomic E-state index is 12.9. The van der Waals surface area contributed by atoms with Crippen LogP contribution in [0.25, 0.3) is 0 Å². The lowest BCUT2D eigenvalue weighted by atomic mass is 10.2. The van der Waals surface area contributed by atoms with E-state index in [2.05, 4.69) is 21.2 Å². The van der Waals surface area contributed by atoms with Gasteiger partial charge in [-0.15, -0.1) is 0 Å². The summed E-state index contributed by atoms with van der Waals surface area (Å²) in [5.74, 6) is -0.276. The number of anilines is 1. The first kappa shape index (κ1) is 13.7. The number of rotatable bonds is 3. The monoisotopic (exact) mass is 347 g/mol. The second-order valence-electron chi connectivity index (χ2n) is 3.69. The summed E-state index contributed by atoms with van der Waals surface area (Å²) < 4.78 is 13.7. The first-order valence-electron chi connectivity index (χ1n) is 5.20. The smallest absolute Gasteiger partial charge is 0.124 e. The van der Waals surface area contributed by atoms with Gasteiger partial charge in [-0.25, -0.2) is 4.39 Å². The van der Waals surface area contributed by atoms with Crippen molar-refractivity contribution in [3.05, 3.63) is 62.3 Å². The first-order chi connectivity index (χ1) is 8.58. The van der Waals surface area contributed by atoms with Gasteiger partial charge >= 0.3 is 0 Å². The predicted octanol–water partition coefficient (Wildman–Crippen LogP) is 5.51. The van der Waals surface area contributed by atoms with Gasteiger partial charge in [-0.05, 0) is 29.8 Å². The van der Waals surface area contributed by atoms with Crippen molar-refractivity contribution in [3.63, 3.8) is 0 Å². The fraction of sp³-hybridized carbons (Fsp3) is 0.0769. The van der Waals surface area contributed by atoms with Gasteiger partial charge in [0.2, 0.25) is 0 Å². The Morgan fingerprint density at radius 3 is 2.39 bits per heavy atom. The summed E-state index contributed by atoms with van der Waals surface area (Å²) in [5.41, 5.74) is 1.60. The number of halogens is 4. The Bertz CT molecular complexity index is 555. The average molecular weight is 349 g/mol. The van der Waals surface area contributed by atoms with Crippen molar-refractivity contribution in [3.8, 4) is 0 Å². The molecule has 0 aliphatic carbocycles. The van der Waals surface area contributed by atoms with Gasteiger partial charge in [0.15, 0.2) is 0 Å². The molecule has 0 aliphatic heterocycles. The Balaban J connectivity index is 2.16. The zero-order chi connectivity index (χ0) is 13.1. The Morgan fingerprint density at radius 1 is 1.11 bits per heavy atom. The molecule has 1 N–H and O–H groups in total. The van der Waals surface area contributed by atoms with Crippen LogP contribution in [-0.4, -0.2) is 0 Å². The van der Waals surface area contributed by atoms with E-state index in [1.54, 1.807) is 24.3 Å². The minimum atomic E-state index is -0.276. The lowest BCUT2D eigenvalue weighted by molar-refractivity contribution is 0.626. The molecule has 0 heterocycles. The van der Waals surface area contributed by atoms with Crippen LogP contribution in [0.2, 0.25) is 10.0 Å². The summed E-state index contributed by atoms with van der Waals surface area (Å²) in [7, 11) is 0. The van der Waals surface area contributed by atoms with Gasteiger partial charge < -0.3 is 5.32 Å². The molecule has 0 saturated heterocycles. The molecule has 0 aliphatic rings. The lowest BCUT2D eigenvalue weighted by Crippen LogP contribution is -2.01. The van der Waals surface area contributed by atoms with Crippen LogP contribution in [0.15, 0.2) is 40.9 Å². The van der Waals surface area contributed by atoms with Gasteiger partial charge in [0.25, 0.3) is 0 Å². The Hall–Kier alpha value is -0.770. The van der Waals surface area contributed by atoms with Crippen LogP contribution in [0.3, 0.4) is 0 Å². The van der Waals surface area contributed by atoms with E-state index in [9.17, 15) is 4.39 Å². The summed E-state index contributed by atoms with van der Waals surface area (Å²) in [5, 5.41) is 4.25. The number of para-hydroxylation sites is 1. The molecule has 94 valence electrons. The summed E-state index contributed by atoms with van der Waals surface area (Å²) in [4.78, 5) is 0. The quantitative estimate of drug-likeness (QED) is 0.771. The van der Waals surface area contributed by atoms with E-state index < -0.39 is 0 Å². The predicted molar refractivity (Wildman–Crippen MR) is 77.9 cm³/mol. The minimum absolute atomic E-state index is 0.276. The molecule has 5 heteroatoms. The number of nitrogens with one attached hydrogen (secondary N) is 1. The molecule has 0 spiro atoms. The van der Waals surface area contributed by atoms with E-state index in [0.29, 0.717) is 26.8 Å². The third-order valence-electron chi connectivity index (χ3n) is 2.43. The molecule has 2 aromatic rings. The molecule has 0 saturated carbocycles. The largest absolute Gasteiger partial charge is 0.379 e. The van der Waals surface area contributed by atoms with Gasteiger partial charge in [0.05, 0.1) is 15.7 Å². The molecule has 18 heavy (non-hydrogen) atoms. The fourth-order valence-electron chi connectivity index (χ4n) is 1.52. The van der Waals surface area contributed by atoms with Crippen molar-refractivity contribution in [2.24, 2.45) is 0 Å². The molecular formula is C13H9BrCl2FN. The number of benzene rings is 2. The highest BCUT2D eigenvalue weighted by atomic mass is 79.9. The molecule has 0 unspecified atom stereocenters. The molecular weight excluding hydrogens is 340 g/mol. The van der Waals surface area contributed by atoms with Crippen LogP contribution < -0.4 is 5.32 Å². The molecule has 0 radical (unpaired) electrons. The van der Waals surface area contributed by atoms with E-state index in [1.165, 1.54) is 12.1 Å². The molecule has 0 fully saturated rings. The average Bonchev–Trinajstić information content (AvgIpc) is 2.31. The van der Waals surface area contributed by atoms with Crippen LogP contribution in [0.4, 0.5) is 10.1 Å². The molecule has 2 aromatic carbocycles.